The van der Waals surface area contributed by atoms with Crippen molar-refractivity contribution in [3.05, 3.63) is 23.6 Å². The molecule has 0 aliphatic carbocycles. The second-order valence-corrected chi connectivity index (χ2v) is 3.35. The van der Waals surface area contributed by atoms with Gasteiger partial charge in [0.1, 0.15) is 5.01 Å². The van der Waals surface area contributed by atoms with E-state index in [1.807, 2.05) is 0 Å². The molecule has 0 unspecified atom stereocenters. The quantitative estimate of drug-likeness (QED) is 0.757. The van der Waals surface area contributed by atoms with Crippen LogP contribution in [0.1, 0.15) is 10.5 Å². The maximum Gasteiger partial charge on any atom is 0.357 e. The Hall–Kier alpha value is -1.69. The molecule has 2 heterocycles. The summed E-state index contributed by atoms with van der Waals surface area (Å²) >= 11 is 1.37. The molecular weight excluding hydrogens is 202 g/mol. The number of imidazole rings is 1. The molecule has 0 bridgehead atoms. The van der Waals surface area contributed by atoms with Gasteiger partial charge in [0, 0.05) is 5.38 Å². The van der Waals surface area contributed by atoms with E-state index >= 15 is 0 Å². The monoisotopic (exact) mass is 209 g/mol. The van der Waals surface area contributed by atoms with Crippen molar-refractivity contribution in [2.24, 2.45) is 0 Å². The first-order valence-corrected chi connectivity index (χ1v) is 4.72. The number of carbonyl (C=O) groups is 1. The predicted molar refractivity (Wildman–Crippen MR) is 51.0 cm³/mol. The lowest BCUT2D eigenvalue weighted by molar-refractivity contribution is 0.0595. The molecule has 72 valence electrons. The number of thiazole rings is 1. The molecule has 0 spiro atoms. The number of ether oxygens (including phenoxy) is 1. The van der Waals surface area contributed by atoms with Gasteiger partial charge in [-0.05, 0) is 0 Å². The van der Waals surface area contributed by atoms with E-state index in [0.717, 1.165) is 10.7 Å². The van der Waals surface area contributed by atoms with Gasteiger partial charge in [-0.3, -0.25) is 0 Å². The lowest BCUT2D eigenvalue weighted by atomic mass is 10.5. The Morgan fingerprint density at radius 1 is 1.64 bits per heavy atom. The summed E-state index contributed by atoms with van der Waals surface area (Å²) in [6, 6.07) is 0. The Kier molecular flexibility index (Phi) is 2.28. The van der Waals surface area contributed by atoms with Crippen LogP contribution in [0.15, 0.2) is 17.9 Å². The van der Waals surface area contributed by atoms with E-state index in [4.69, 9.17) is 0 Å². The second-order valence-electron chi connectivity index (χ2n) is 2.49. The van der Waals surface area contributed by atoms with E-state index in [2.05, 4.69) is 19.7 Å². The minimum atomic E-state index is -0.424. The van der Waals surface area contributed by atoms with Crippen molar-refractivity contribution in [2.75, 3.05) is 7.11 Å². The number of esters is 1. The van der Waals surface area contributed by atoms with Crippen LogP contribution in [0.25, 0.3) is 10.7 Å². The standard InChI is InChI=1S/C8H7N3O2S/c1-13-8(12)6-3-14-7(11-6)5-2-9-4-10-5/h2-4H,1H3,(H,9,10). The van der Waals surface area contributed by atoms with Gasteiger partial charge in [0.05, 0.1) is 25.3 Å². The van der Waals surface area contributed by atoms with Gasteiger partial charge >= 0.3 is 5.97 Å². The first-order valence-electron chi connectivity index (χ1n) is 3.84. The van der Waals surface area contributed by atoms with Crippen LogP contribution in [-0.2, 0) is 4.74 Å². The van der Waals surface area contributed by atoms with Crippen LogP contribution in [0.5, 0.6) is 0 Å². The minimum Gasteiger partial charge on any atom is -0.464 e. The van der Waals surface area contributed by atoms with Crippen molar-refractivity contribution in [1.29, 1.82) is 0 Å². The summed E-state index contributed by atoms with van der Waals surface area (Å²) in [5, 5.41) is 2.38. The van der Waals surface area contributed by atoms with Gasteiger partial charge in [0.15, 0.2) is 5.69 Å². The number of H-pyrrole nitrogens is 1. The van der Waals surface area contributed by atoms with Crippen molar-refractivity contribution in [2.45, 2.75) is 0 Å². The first kappa shape index (κ1) is 8.89. The van der Waals surface area contributed by atoms with E-state index in [1.54, 1.807) is 17.9 Å². The van der Waals surface area contributed by atoms with Gasteiger partial charge < -0.3 is 9.72 Å². The summed E-state index contributed by atoms with van der Waals surface area (Å²) < 4.78 is 4.55. The van der Waals surface area contributed by atoms with Crippen LogP contribution in [0.3, 0.4) is 0 Å². The van der Waals surface area contributed by atoms with Gasteiger partial charge in [-0.2, -0.15) is 0 Å². The molecule has 0 aliphatic rings. The van der Waals surface area contributed by atoms with Crippen molar-refractivity contribution in [3.63, 3.8) is 0 Å². The predicted octanol–water partition coefficient (Wildman–Crippen LogP) is 1.32. The van der Waals surface area contributed by atoms with Gasteiger partial charge in [-0.15, -0.1) is 11.3 Å². The van der Waals surface area contributed by atoms with E-state index in [1.165, 1.54) is 18.4 Å². The normalized spacial score (nSPS) is 10.1. The molecule has 0 fully saturated rings. The third-order valence-corrected chi connectivity index (χ3v) is 2.50. The maximum absolute atomic E-state index is 11.1. The molecule has 0 aromatic carbocycles. The lowest BCUT2D eigenvalue weighted by Gasteiger charge is -1.91. The second kappa shape index (κ2) is 3.59. The number of aromatic nitrogens is 3. The number of carbonyl (C=O) groups excluding carboxylic acids is 1. The molecule has 2 rings (SSSR count). The fraction of sp³-hybridized carbons (Fsp3) is 0.125. The average Bonchev–Trinajstić information content (AvgIpc) is 2.86. The largest absolute Gasteiger partial charge is 0.464 e. The molecule has 2 aromatic rings. The third-order valence-electron chi connectivity index (χ3n) is 1.63. The number of nitrogens with zero attached hydrogens (tertiary/aromatic N) is 2. The highest BCUT2D eigenvalue weighted by molar-refractivity contribution is 7.13. The van der Waals surface area contributed by atoms with Crippen molar-refractivity contribution < 1.29 is 9.53 Å². The molecule has 0 amide bonds. The number of rotatable bonds is 2. The van der Waals surface area contributed by atoms with Gasteiger partial charge in [0.25, 0.3) is 0 Å². The highest BCUT2D eigenvalue weighted by Gasteiger charge is 2.11. The van der Waals surface area contributed by atoms with E-state index in [9.17, 15) is 4.79 Å². The van der Waals surface area contributed by atoms with E-state index in [-0.39, 0.29) is 0 Å². The molecule has 2 aromatic heterocycles. The fourth-order valence-corrected chi connectivity index (χ4v) is 1.73. The van der Waals surface area contributed by atoms with Crippen LogP contribution in [0.4, 0.5) is 0 Å². The third kappa shape index (κ3) is 1.51. The van der Waals surface area contributed by atoms with Crippen LogP contribution < -0.4 is 0 Å². The number of nitrogens with one attached hydrogen (secondary N) is 1. The molecule has 0 saturated heterocycles. The Morgan fingerprint density at radius 2 is 2.50 bits per heavy atom. The molecule has 14 heavy (non-hydrogen) atoms. The molecule has 0 saturated carbocycles. The van der Waals surface area contributed by atoms with Crippen molar-refractivity contribution in [1.82, 2.24) is 15.0 Å². The smallest absolute Gasteiger partial charge is 0.357 e. The number of aromatic amines is 1. The van der Waals surface area contributed by atoms with Crippen LogP contribution >= 0.6 is 11.3 Å². The Balaban J connectivity index is 2.31. The van der Waals surface area contributed by atoms with Crippen LogP contribution in [-0.4, -0.2) is 28.0 Å². The van der Waals surface area contributed by atoms with E-state index < -0.39 is 5.97 Å². The number of hydrogen-bond acceptors (Lipinski definition) is 5. The fourth-order valence-electron chi connectivity index (χ4n) is 0.969. The molecule has 0 radical (unpaired) electrons. The Bertz CT molecular complexity index is 435. The topological polar surface area (TPSA) is 67.9 Å². The minimum absolute atomic E-state index is 0.321. The highest BCUT2D eigenvalue weighted by atomic mass is 32.1. The number of hydrogen-bond donors (Lipinski definition) is 1. The molecule has 0 atom stereocenters. The summed E-state index contributed by atoms with van der Waals surface area (Å²) in [5.74, 6) is -0.424. The Morgan fingerprint density at radius 3 is 3.14 bits per heavy atom. The number of methoxy groups -OCH3 is 1. The van der Waals surface area contributed by atoms with Gasteiger partial charge in [0.2, 0.25) is 0 Å². The summed E-state index contributed by atoms with van der Waals surface area (Å²) in [7, 11) is 1.33. The van der Waals surface area contributed by atoms with Gasteiger partial charge in [-0.25, -0.2) is 14.8 Å². The van der Waals surface area contributed by atoms with Gasteiger partial charge in [-0.1, -0.05) is 0 Å². The maximum atomic E-state index is 11.1. The average molecular weight is 209 g/mol. The molecule has 0 aliphatic heterocycles. The van der Waals surface area contributed by atoms with E-state index in [0.29, 0.717) is 5.69 Å². The highest BCUT2D eigenvalue weighted by Crippen LogP contribution is 2.21. The molecular formula is C8H7N3O2S. The lowest BCUT2D eigenvalue weighted by Crippen LogP contribution is -2.00. The zero-order valence-electron chi connectivity index (χ0n) is 7.35. The van der Waals surface area contributed by atoms with Crippen molar-refractivity contribution in [3.8, 4) is 10.7 Å². The molecule has 5 nitrogen and oxygen atoms in total. The summed E-state index contributed by atoms with van der Waals surface area (Å²) in [4.78, 5) is 22.0. The SMILES string of the molecule is COC(=O)c1csc(-c2cnc[nH]2)n1. The van der Waals surface area contributed by atoms with Crippen LogP contribution in [0, 0.1) is 0 Å². The zero-order valence-corrected chi connectivity index (χ0v) is 8.17. The molecule has 1 N–H and O–H groups in total. The summed E-state index contributed by atoms with van der Waals surface area (Å²) in [5.41, 5.74) is 1.12. The van der Waals surface area contributed by atoms with Crippen molar-refractivity contribution >= 4 is 17.3 Å². The summed E-state index contributed by atoms with van der Waals surface area (Å²) in [6.45, 7) is 0. The zero-order chi connectivity index (χ0) is 9.97. The summed E-state index contributed by atoms with van der Waals surface area (Å²) in [6.07, 6.45) is 3.22. The first-order chi connectivity index (χ1) is 6.81. The Labute approximate surface area is 83.8 Å². The molecule has 6 heteroatoms. The van der Waals surface area contributed by atoms with Crippen LogP contribution in [0.2, 0.25) is 0 Å².